The summed E-state index contributed by atoms with van der Waals surface area (Å²) in [6.07, 6.45) is 0.468. The number of hydrogen-bond donors (Lipinski definition) is 2. The standard InChI is InChI=1S/C13H14ClNO3S2/c14-9-3-1-2-4-10(9)20-7-11(16)15-13(12(17)18)5-6-19-8-13/h1-4H,5-8H2,(H,15,16)(H,17,18). The Hall–Kier alpha value is -0.850. The van der Waals surface area contributed by atoms with Gasteiger partial charge in [0.1, 0.15) is 5.54 Å². The molecule has 0 bridgehead atoms. The molecule has 2 N–H and O–H groups in total. The van der Waals surface area contributed by atoms with E-state index < -0.39 is 11.5 Å². The summed E-state index contributed by atoms with van der Waals surface area (Å²) in [6.45, 7) is 0. The number of hydrogen-bond acceptors (Lipinski definition) is 4. The first kappa shape index (κ1) is 15.5. The summed E-state index contributed by atoms with van der Waals surface area (Å²) in [4.78, 5) is 24.1. The lowest BCUT2D eigenvalue weighted by molar-refractivity contribution is -0.146. The topological polar surface area (TPSA) is 66.4 Å². The van der Waals surface area contributed by atoms with Gasteiger partial charge < -0.3 is 10.4 Å². The maximum atomic E-state index is 11.9. The Kier molecular flexibility index (Phi) is 5.23. The van der Waals surface area contributed by atoms with Crippen molar-refractivity contribution < 1.29 is 14.7 Å². The molecule has 1 heterocycles. The van der Waals surface area contributed by atoms with Crippen LogP contribution in [0.15, 0.2) is 29.2 Å². The summed E-state index contributed by atoms with van der Waals surface area (Å²) >= 11 is 8.86. The molecular formula is C13H14ClNO3S2. The average Bonchev–Trinajstić information content (AvgIpc) is 2.88. The lowest BCUT2D eigenvalue weighted by Crippen LogP contribution is -2.55. The van der Waals surface area contributed by atoms with E-state index in [1.807, 2.05) is 18.2 Å². The first-order valence-electron chi connectivity index (χ1n) is 6.03. The Labute approximate surface area is 130 Å². The monoisotopic (exact) mass is 331 g/mol. The van der Waals surface area contributed by atoms with Crippen molar-refractivity contribution >= 4 is 47.0 Å². The minimum absolute atomic E-state index is 0.156. The Morgan fingerprint density at radius 1 is 1.45 bits per heavy atom. The molecule has 7 heteroatoms. The first-order valence-corrected chi connectivity index (χ1v) is 8.55. The van der Waals surface area contributed by atoms with Crippen LogP contribution >= 0.6 is 35.1 Å². The number of amides is 1. The average molecular weight is 332 g/mol. The minimum atomic E-state index is -1.11. The van der Waals surface area contributed by atoms with Gasteiger partial charge in [-0.15, -0.1) is 11.8 Å². The van der Waals surface area contributed by atoms with E-state index in [0.29, 0.717) is 17.2 Å². The summed E-state index contributed by atoms with van der Waals surface area (Å²) in [5, 5.41) is 12.5. The van der Waals surface area contributed by atoms with Gasteiger partial charge in [0, 0.05) is 10.6 Å². The van der Waals surface area contributed by atoms with Gasteiger partial charge in [0.15, 0.2) is 0 Å². The molecule has 1 unspecified atom stereocenters. The van der Waals surface area contributed by atoms with E-state index >= 15 is 0 Å². The van der Waals surface area contributed by atoms with E-state index in [1.54, 1.807) is 17.8 Å². The number of halogens is 1. The van der Waals surface area contributed by atoms with Crippen molar-refractivity contribution in [2.45, 2.75) is 16.9 Å². The number of rotatable bonds is 5. The van der Waals surface area contributed by atoms with Crippen LogP contribution in [0.5, 0.6) is 0 Å². The Morgan fingerprint density at radius 2 is 2.20 bits per heavy atom. The van der Waals surface area contributed by atoms with Crippen molar-refractivity contribution in [3.63, 3.8) is 0 Å². The van der Waals surface area contributed by atoms with Crippen LogP contribution in [0.2, 0.25) is 5.02 Å². The number of aliphatic carboxylic acids is 1. The van der Waals surface area contributed by atoms with Gasteiger partial charge in [-0.3, -0.25) is 4.79 Å². The number of nitrogens with one attached hydrogen (secondary N) is 1. The van der Waals surface area contributed by atoms with Crippen LogP contribution in [0.3, 0.4) is 0 Å². The summed E-state index contributed by atoms with van der Waals surface area (Å²) in [6, 6.07) is 7.26. The molecule has 108 valence electrons. The third kappa shape index (κ3) is 3.62. The number of carbonyl (C=O) groups excluding carboxylic acids is 1. The molecule has 1 aliphatic rings. The molecule has 1 atom stereocenters. The van der Waals surface area contributed by atoms with Crippen LogP contribution in [-0.2, 0) is 9.59 Å². The van der Waals surface area contributed by atoms with Gasteiger partial charge >= 0.3 is 5.97 Å². The second-order valence-corrected chi connectivity index (χ2v) is 6.99. The van der Waals surface area contributed by atoms with Crippen molar-refractivity contribution in [1.82, 2.24) is 5.32 Å². The number of carboxylic acids is 1. The summed E-state index contributed by atoms with van der Waals surface area (Å²) in [5.74, 6) is 0.0943. The van der Waals surface area contributed by atoms with Gasteiger partial charge in [-0.25, -0.2) is 4.79 Å². The molecule has 0 spiro atoms. The van der Waals surface area contributed by atoms with Crippen LogP contribution in [0.1, 0.15) is 6.42 Å². The second-order valence-electron chi connectivity index (χ2n) is 4.46. The fraction of sp³-hybridized carbons (Fsp3) is 0.385. The Bertz CT molecular complexity index is 518. The van der Waals surface area contributed by atoms with E-state index in [4.69, 9.17) is 11.6 Å². The molecule has 2 rings (SSSR count). The van der Waals surface area contributed by atoms with E-state index in [2.05, 4.69) is 5.32 Å². The van der Waals surface area contributed by atoms with Gasteiger partial charge in [0.25, 0.3) is 0 Å². The van der Waals surface area contributed by atoms with Crippen molar-refractivity contribution in [2.75, 3.05) is 17.3 Å². The maximum Gasteiger partial charge on any atom is 0.330 e. The highest BCUT2D eigenvalue weighted by Crippen LogP contribution is 2.29. The SMILES string of the molecule is O=C(CSc1ccccc1Cl)NC1(C(=O)O)CCSC1. The molecule has 1 fully saturated rings. The summed E-state index contributed by atoms with van der Waals surface area (Å²) in [5.41, 5.74) is -1.11. The van der Waals surface area contributed by atoms with E-state index in [-0.39, 0.29) is 11.7 Å². The van der Waals surface area contributed by atoms with Crippen LogP contribution in [0, 0.1) is 0 Å². The molecule has 1 aromatic rings. The Morgan fingerprint density at radius 3 is 2.80 bits per heavy atom. The normalized spacial score (nSPS) is 21.6. The lowest BCUT2D eigenvalue weighted by atomic mass is 9.99. The highest BCUT2D eigenvalue weighted by Gasteiger charge is 2.43. The summed E-state index contributed by atoms with van der Waals surface area (Å²) in [7, 11) is 0. The highest BCUT2D eigenvalue weighted by molar-refractivity contribution is 8.00. The Balaban J connectivity index is 1.92. The molecule has 0 aliphatic carbocycles. The molecule has 1 saturated heterocycles. The van der Waals surface area contributed by atoms with Gasteiger partial charge in [0.05, 0.1) is 10.8 Å². The number of benzene rings is 1. The maximum absolute atomic E-state index is 11.9. The molecule has 20 heavy (non-hydrogen) atoms. The smallest absolute Gasteiger partial charge is 0.330 e. The molecule has 4 nitrogen and oxygen atoms in total. The van der Waals surface area contributed by atoms with Gasteiger partial charge in [-0.2, -0.15) is 11.8 Å². The molecule has 1 aromatic carbocycles. The van der Waals surface area contributed by atoms with Crippen LogP contribution in [0.25, 0.3) is 0 Å². The fourth-order valence-electron chi connectivity index (χ4n) is 1.89. The van der Waals surface area contributed by atoms with Crippen molar-refractivity contribution in [2.24, 2.45) is 0 Å². The molecular weight excluding hydrogens is 318 g/mol. The fourth-order valence-corrected chi connectivity index (χ4v) is 4.26. The largest absolute Gasteiger partial charge is 0.479 e. The van der Waals surface area contributed by atoms with E-state index in [1.165, 1.54) is 11.8 Å². The third-order valence-corrected chi connectivity index (χ3v) is 5.71. The van der Waals surface area contributed by atoms with Crippen LogP contribution in [-0.4, -0.2) is 39.8 Å². The first-order chi connectivity index (χ1) is 9.53. The second kappa shape index (κ2) is 6.74. The predicted octanol–water partition coefficient (Wildman–Crippen LogP) is 2.51. The van der Waals surface area contributed by atoms with Gasteiger partial charge in [0.2, 0.25) is 5.91 Å². The van der Waals surface area contributed by atoms with E-state index in [0.717, 1.165) is 10.6 Å². The highest BCUT2D eigenvalue weighted by atomic mass is 35.5. The zero-order valence-corrected chi connectivity index (χ0v) is 13.0. The minimum Gasteiger partial charge on any atom is -0.479 e. The molecule has 0 radical (unpaired) electrons. The molecule has 1 aliphatic heterocycles. The number of thioether (sulfide) groups is 2. The zero-order chi connectivity index (χ0) is 14.6. The van der Waals surface area contributed by atoms with Crippen LogP contribution in [0.4, 0.5) is 0 Å². The van der Waals surface area contributed by atoms with Crippen molar-refractivity contribution in [1.29, 1.82) is 0 Å². The number of carbonyl (C=O) groups is 2. The number of carboxylic acid groups (broad SMARTS) is 1. The molecule has 0 saturated carbocycles. The zero-order valence-electron chi connectivity index (χ0n) is 10.6. The van der Waals surface area contributed by atoms with E-state index in [9.17, 15) is 14.7 Å². The molecule has 0 aromatic heterocycles. The van der Waals surface area contributed by atoms with Gasteiger partial charge in [-0.1, -0.05) is 23.7 Å². The predicted molar refractivity (Wildman–Crippen MR) is 82.6 cm³/mol. The molecule has 1 amide bonds. The summed E-state index contributed by atoms with van der Waals surface area (Å²) < 4.78 is 0. The lowest BCUT2D eigenvalue weighted by Gasteiger charge is -2.24. The quantitative estimate of drug-likeness (QED) is 0.811. The van der Waals surface area contributed by atoms with Crippen molar-refractivity contribution in [3.8, 4) is 0 Å². The third-order valence-electron chi connectivity index (χ3n) is 3.01. The van der Waals surface area contributed by atoms with Crippen molar-refractivity contribution in [3.05, 3.63) is 29.3 Å². The van der Waals surface area contributed by atoms with Gasteiger partial charge in [-0.05, 0) is 24.3 Å². The van der Waals surface area contributed by atoms with Crippen LogP contribution < -0.4 is 5.32 Å².